The molecule has 136 valence electrons. The van der Waals surface area contributed by atoms with Crippen LogP contribution in [-0.4, -0.2) is 11.1 Å². The molecule has 2 heterocycles. The minimum absolute atomic E-state index is 0.217. The van der Waals surface area contributed by atoms with Gasteiger partial charge in [0, 0.05) is 27.6 Å². The van der Waals surface area contributed by atoms with Gasteiger partial charge in [-0.2, -0.15) is 0 Å². The lowest BCUT2D eigenvalue weighted by Gasteiger charge is -2.00. The second-order valence-electron chi connectivity index (χ2n) is 6.42. The zero-order valence-electron chi connectivity index (χ0n) is 14.9. The molecule has 0 aliphatic carbocycles. The van der Waals surface area contributed by atoms with E-state index in [1.165, 1.54) is 0 Å². The zero-order chi connectivity index (χ0) is 19.0. The lowest BCUT2D eigenvalue weighted by molar-refractivity contribution is 0.0920. The van der Waals surface area contributed by atoms with Crippen LogP contribution in [-0.2, 0) is 6.54 Å². The number of benzene rings is 2. The topological polar surface area (TPSA) is 68.3 Å². The number of carbonyl (C=O) groups is 1. The molecule has 0 aliphatic rings. The van der Waals surface area contributed by atoms with Crippen LogP contribution in [0.5, 0.6) is 0 Å². The highest BCUT2D eigenvalue weighted by Gasteiger charge is 2.18. The number of halogens is 1. The van der Waals surface area contributed by atoms with Crippen LogP contribution in [0, 0.1) is 13.8 Å². The van der Waals surface area contributed by atoms with E-state index in [1.54, 1.807) is 18.2 Å². The van der Waals surface area contributed by atoms with Crippen molar-refractivity contribution in [3.8, 4) is 11.3 Å². The van der Waals surface area contributed by atoms with Crippen molar-refractivity contribution in [3.05, 3.63) is 76.2 Å². The summed E-state index contributed by atoms with van der Waals surface area (Å²) in [5, 5.41) is 8.46. The molecule has 0 unspecified atom stereocenters. The lowest BCUT2D eigenvalue weighted by atomic mass is 10.1. The van der Waals surface area contributed by atoms with Gasteiger partial charge in [-0.15, -0.1) is 0 Å². The summed E-state index contributed by atoms with van der Waals surface area (Å²) in [4.78, 5) is 12.5. The molecular weight excluding hydrogens is 364 g/mol. The maximum absolute atomic E-state index is 12.5. The standard InChI is InChI=1S/C21H17ClN2O3/c1-12-3-8-19-17(9-12)13(2)20(26-19)21(25)23-11-16-10-18(24-27-16)14-4-6-15(22)7-5-14/h3-10H,11H2,1-2H3,(H,23,25). The van der Waals surface area contributed by atoms with E-state index in [1.807, 2.05) is 44.2 Å². The van der Waals surface area contributed by atoms with Crippen LogP contribution in [0.1, 0.15) is 27.4 Å². The van der Waals surface area contributed by atoms with Gasteiger partial charge < -0.3 is 14.3 Å². The molecule has 0 radical (unpaired) electrons. The molecule has 0 aliphatic heterocycles. The number of aromatic nitrogens is 1. The van der Waals surface area contributed by atoms with E-state index in [9.17, 15) is 4.79 Å². The van der Waals surface area contributed by atoms with Crippen LogP contribution in [0.4, 0.5) is 0 Å². The Morgan fingerprint density at radius 1 is 1.11 bits per heavy atom. The Hall–Kier alpha value is -3.05. The molecule has 2 aromatic heterocycles. The minimum atomic E-state index is -0.286. The van der Waals surface area contributed by atoms with Gasteiger partial charge in [0.25, 0.3) is 5.91 Å². The van der Waals surface area contributed by atoms with Gasteiger partial charge in [-0.1, -0.05) is 40.5 Å². The third-order valence-corrected chi connectivity index (χ3v) is 4.67. The van der Waals surface area contributed by atoms with Gasteiger partial charge >= 0.3 is 0 Å². The Balaban J connectivity index is 1.48. The van der Waals surface area contributed by atoms with Crippen LogP contribution >= 0.6 is 11.6 Å². The zero-order valence-corrected chi connectivity index (χ0v) is 15.6. The first-order valence-corrected chi connectivity index (χ1v) is 8.88. The average Bonchev–Trinajstić information content (AvgIpc) is 3.26. The Morgan fingerprint density at radius 2 is 1.89 bits per heavy atom. The van der Waals surface area contributed by atoms with E-state index < -0.39 is 0 Å². The predicted molar refractivity (Wildman–Crippen MR) is 104 cm³/mol. The summed E-state index contributed by atoms with van der Waals surface area (Å²) in [7, 11) is 0. The molecule has 0 spiro atoms. The fraction of sp³-hybridized carbons (Fsp3) is 0.143. The van der Waals surface area contributed by atoms with Crippen LogP contribution in [0.25, 0.3) is 22.2 Å². The molecule has 0 bridgehead atoms. The predicted octanol–water partition coefficient (Wildman–Crippen LogP) is 5.29. The van der Waals surface area contributed by atoms with E-state index in [0.717, 1.165) is 22.1 Å². The number of amides is 1. The van der Waals surface area contributed by atoms with Gasteiger partial charge in [-0.05, 0) is 38.1 Å². The average molecular weight is 381 g/mol. The minimum Gasteiger partial charge on any atom is -0.451 e. The highest BCUT2D eigenvalue weighted by molar-refractivity contribution is 6.30. The van der Waals surface area contributed by atoms with Crippen molar-refractivity contribution in [2.45, 2.75) is 20.4 Å². The summed E-state index contributed by atoms with van der Waals surface area (Å²) in [6.45, 7) is 4.11. The van der Waals surface area contributed by atoms with Crippen LogP contribution in [0.2, 0.25) is 5.02 Å². The molecule has 0 fully saturated rings. The molecule has 0 saturated carbocycles. The van der Waals surface area contributed by atoms with Crippen molar-refractivity contribution < 1.29 is 13.7 Å². The number of aryl methyl sites for hydroxylation is 2. The molecular formula is C21H17ClN2O3. The molecule has 6 heteroatoms. The van der Waals surface area contributed by atoms with Crippen molar-refractivity contribution in [1.29, 1.82) is 0 Å². The van der Waals surface area contributed by atoms with Crippen molar-refractivity contribution in [2.24, 2.45) is 0 Å². The maximum Gasteiger partial charge on any atom is 0.287 e. The summed E-state index contributed by atoms with van der Waals surface area (Å²) in [6.07, 6.45) is 0. The summed E-state index contributed by atoms with van der Waals surface area (Å²) in [6, 6.07) is 14.9. The number of rotatable bonds is 4. The molecule has 4 rings (SSSR count). The van der Waals surface area contributed by atoms with Gasteiger partial charge in [-0.3, -0.25) is 4.79 Å². The second kappa shape index (κ2) is 6.93. The number of fused-ring (bicyclic) bond motifs is 1. The second-order valence-corrected chi connectivity index (χ2v) is 6.86. The monoisotopic (exact) mass is 380 g/mol. The van der Waals surface area contributed by atoms with Crippen molar-refractivity contribution >= 4 is 28.5 Å². The number of hydrogen-bond acceptors (Lipinski definition) is 4. The van der Waals surface area contributed by atoms with E-state index >= 15 is 0 Å². The molecule has 2 aromatic carbocycles. The SMILES string of the molecule is Cc1ccc2oc(C(=O)NCc3cc(-c4ccc(Cl)cc4)no3)c(C)c2c1. The normalized spacial score (nSPS) is 11.1. The number of carbonyl (C=O) groups excluding carboxylic acids is 1. The van der Waals surface area contributed by atoms with E-state index in [0.29, 0.717) is 27.8 Å². The first-order valence-electron chi connectivity index (χ1n) is 8.51. The van der Waals surface area contributed by atoms with Crippen molar-refractivity contribution in [1.82, 2.24) is 10.5 Å². The Labute approximate surface area is 160 Å². The van der Waals surface area contributed by atoms with Gasteiger partial charge in [0.05, 0.1) is 6.54 Å². The molecule has 1 N–H and O–H groups in total. The largest absolute Gasteiger partial charge is 0.451 e. The van der Waals surface area contributed by atoms with Gasteiger partial charge in [-0.25, -0.2) is 0 Å². The van der Waals surface area contributed by atoms with Crippen molar-refractivity contribution in [2.75, 3.05) is 0 Å². The lowest BCUT2D eigenvalue weighted by Crippen LogP contribution is -2.22. The third-order valence-electron chi connectivity index (χ3n) is 4.42. The van der Waals surface area contributed by atoms with E-state index in [4.69, 9.17) is 20.5 Å². The highest BCUT2D eigenvalue weighted by atomic mass is 35.5. The Morgan fingerprint density at radius 3 is 2.67 bits per heavy atom. The molecule has 27 heavy (non-hydrogen) atoms. The fourth-order valence-corrected chi connectivity index (χ4v) is 3.08. The molecule has 5 nitrogen and oxygen atoms in total. The number of nitrogens with one attached hydrogen (secondary N) is 1. The van der Waals surface area contributed by atoms with Gasteiger partial charge in [0.15, 0.2) is 11.5 Å². The first kappa shape index (κ1) is 17.4. The quantitative estimate of drug-likeness (QED) is 0.522. The van der Waals surface area contributed by atoms with Crippen LogP contribution < -0.4 is 5.32 Å². The summed E-state index contributed by atoms with van der Waals surface area (Å²) < 4.78 is 11.0. The first-order chi connectivity index (χ1) is 13.0. The molecule has 0 saturated heterocycles. The van der Waals surface area contributed by atoms with Crippen LogP contribution in [0.15, 0.2) is 57.5 Å². The number of nitrogens with zero attached hydrogens (tertiary/aromatic N) is 1. The van der Waals surface area contributed by atoms with Crippen LogP contribution in [0.3, 0.4) is 0 Å². The highest BCUT2D eigenvalue weighted by Crippen LogP contribution is 2.26. The molecule has 0 atom stereocenters. The maximum atomic E-state index is 12.5. The molecule has 4 aromatic rings. The molecule has 1 amide bonds. The van der Waals surface area contributed by atoms with E-state index in [-0.39, 0.29) is 12.5 Å². The van der Waals surface area contributed by atoms with E-state index in [2.05, 4.69) is 10.5 Å². The fourth-order valence-electron chi connectivity index (χ4n) is 2.95. The van der Waals surface area contributed by atoms with Gasteiger partial charge in [0.2, 0.25) is 0 Å². The third kappa shape index (κ3) is 3.46. The van der Waals surface area contributed by atoms with Crippen molar-refractivity contribution in [3.63, 3.8) is 0 Å². The van der Waals surface area contributed by atoms with Gasteiger partial charge in [0.1, 0.15) is 11.3 Å². The Bertz CT molecular complexity index is 1130. The Kier molecular flexibility index (Phi) is 4.46. The smallest absolute Gasteiger partial charge is 0.287 e. The number of hydrogen-bond donors (Lipinski definition) is 1. The summed E-state index contributed by atoms with van der Waals surface area (Å²) in [5.74, 6) is 0.580. The summed E-state index contributed by atoms with van der Waals surface area (Å²) >= 11 is 5.90. The number of furan rings is 1. The summed E-state index contributed by atoms with van der Waals surface area (Å²) in [5.41, 5.74) is 4.23.